The first-order valence-corrected chi connectivity index (χ1v) is 26.5. The van der Waals surface area contributed by atoms with Gasteiger partial charge in [0.25, 0.3) is 0 Å². The van der Waals surface area contributed by atoms with E-state index in [-0.39, 0.29) is 6.04 Å². The number of fused-ring (bicyclic) bond motifs is 12. The second kappa shape index (κ2) is 18.4. The summed E-state index contributed by atoms with van der Waals surface area (Å²) in [5, 5.41) is 7.68. The summed E-state index contributed by atoms with van der Waals surface area (Å²) in [5.41, 5.74) is 21.7. The van der Waals surface area contributed by atoms with Gasteiger partial charge in [0.1, 0.15) is 0 Å². The summed E-state index contributed by atoms with van der Waals surface area (Å²) in [5.74, 6) is 0.328. The fourth-order valence-corrected chi connectivity index (χ4v) is 12.7. The molecule has 2 unspecified atom stereocenters. The molecule has 0 fully saturated rings. The van der Waals surface area contributed by atoms with Gasteiger partial charge in [-0.25, -0.2) is 0 Å². The summed E-state index contributed by atoms with van der Waals surface area (Å²) in [6.07, 6.45) is 37.8. The molecule has 0 amide bonds. The number of nitrogens with zero attached hydrogens (tertiary/aromatic N) is 3. The molecule has 0 radical (unpaired) electrons. The van der Waals surface area contributed by atoms with E-state index < -0.39 is 0 Å². The van der Waals surface area contributed by atoms with Gasteiger partial charge in [-0.15, -0.1) is 0 Å². The summed E-state index contributed by atoms with van der Waals surface area (Å²) in [4.78, 5) is 2.51. The van der Waals surface area contributed by atoms with Crippen LogP contribution >= 0.6 is 0 Å². The van der Waals surface area contributed by atoms with Crippen LogP contribution in [0.4, 0.5) is 0 Å². The number of aromatic nitrogens is 2. The molecule has 0 bridgehead atoms. The Labute approximate surface area is 438 Å². The number of hydrogen-bond acceptors (Lipinski definition) is 1. The lowest BCUT2D eigenvalue weighted by molar-refractivity contribution is 0.378. The molecule has 75 heavy (non-hydrogen) atoms. The Kier molecular flexibility index (Phi) is 10.9. The van der Waals surface area contributed by atoms with E-state index in [1.165, 1.54) is 116 Å². The minimum atomic E-state index is 0.146. The highest BCUT2D eigenvalue weighted by atomic mass is 15.1. The van der Waals surface area contributed by atoms with Gasteiger partial charge in [0.15, 0.2) is 0 Å². The predicted molar refractivity (Wildman–Crippen MR) is 319 cm³/mol. The van der Waals surface area contributed by atoms with Crippen LogP contribution in [-0.2, 0) is 0 Å². The fraction of sp³-hybridized carbons (Fsp3) is 0.0833. The summed E-state index contributed by atoms with van der Waals surface area (Å²) in [7, 11) is 0. The van der Waals surface area contributed by atoms with Crippen molar-refractivity contribution in [3.8, 4) is 5.69 Å². The van der Waals surface area contributed by atoms with E-state index in [1.807, 2.05) is 12.2 Å². The first-order valence-electron chi connectivity index (χ1n) is 26.5. The monoisotopic (exact) mass is 961 g/mol. The summed E-state index contributed by atoms with van der Waals surface area (Å²) in [6.45, 7) is 8.28. The lowest BCUT2D eigenvalue weighted by Gasteiger charge is -2.35. The van der Waals surface area contributed by atoms with Gasteiger partial charge < -0.3 is 13.9 Å². The highest BCUT2D eigenvalue weighted by Crippen LogP contribution is 2.47. The third-order valence-electron chi connectivity index (χ3n) is 16.3. The van der Waals surface area contributed by atoms with Crippen LogP contribution in [0.5, 0.6) is 0 Å². The molecule has 14 rings (SSSR count). The van der Waals surface area contributed by atoms with Crippen molar-refractivity contribution in [2.24, 2.45) is 0 Å². The standard InChI is InChI=1S/C72H55N3/c1-3-5-17-54-44-55-18-9-10-22-59(55)65-45-52(33-40-60(54)65)49-29-36-56(37-30-49)73(43-16-19-48(4-2)51-34-42-71-67(46-51)64-26-15-25-63-61-23-11-14-28-69(61)75(71)72(63)64)57-38-31-50(32-39-57)53-35-41-70-66(47-53)62-24-12-13-27-68(62)74(70)58-20-7-6-8-21-58/h3-29,31-36,38,40-44,46-47,57,65H,1-2,30,37,39,45H2/b17-5-,43-16+,48-19+. The number of hydrogen-bond donors (Lipinski definition) is 0. The third-order valence-corrected chi connectivity index (χ3v) is 16.3. The second-order valence-corrected chi connectivity index (χ2v) is 20.3. The van der Waals surface area contributed by atoms with Gasteiger partial charge in [-0.1, -0.05) is 189 Å². The highest BCUT2D eigenvalue weighted by Gasteiger charge is 2.30. The Morgan fingerprint density at radius 2 is 1.33 bits per heavy atom. The fourth-order valence-electron chi connectivity index (χ4n) is 12.7. The number of allylic oxidation sites excluding steroid dienone is 18. The third kappa shape index (κ3) is 7.49. The van der Waals surface area contributed by atoms with Crippen molar-refractivity contribution in [3.63, 3.8) is 0 Å². The molecular formula is C72H55N3. The predicted octanol–water partition coefficient (Wildman–Crippen LogP) is 18.5. The maximum Gasteiger partial charge on any atom is 0.0620 e. The molecule has 4 aliphatic carbocycles. The van der Waals surface area contributed by atoms with Crippen LogP contribution in [0.25, 0.3) is 82.8 Å². The largest absolute Gasteiger partial charge is 0.344 e. The Morgan fingerprint density at radius 1 is 0.613 bits per heavy atom. The van der Waals surface area contributed by atoms with Gasteiger partial charge in [0.05, 0.1) is 33.6 Å². The molecule has 0 aliphatic heterocycles. The summed E-state index contributed by atoms with van der Waals surface area (Å²) < 4.78 is 4.83. The van der Waals surface area contributed by atoms with Crippen LogP contribution in [0, 0.1) is 0 Å². The molecule has 3 heteroatoms. The molecule has 2 atom stereocenters. The molecule has 0 saturated carbocycles. The van der Waals surface area contributed by atoms with Gasteiger partial charge in [0, 0.05) is 55.8 Å². The second-order valence-electron chi connectivity index (χ2n) is 20.3. The van der Waals surface area contributed by atoms with E-state index in [9.17, 15) is 0 Å². The van der Waals surface area contributed by atoms with Crippen molar-refractivity contribution in [2.75, 3.05) is 0 Å². The highest BCUT2D eigenvalue weighted by molar-refractivity contribution is 6.23. The van der Waals surface area contributed by atoms with Crippen LogP contribution < -0.4 is 0 Å². The Hall–Kier alpha value is -9.18. The van der Waals surface area contributed by atoms with E-state index in [2.05, 4.69) is 264 Å². The molecule has 3 aromatic heterocycles. The molecule has 0 spiro atoms. The lowest BCUT2D eigenvalue weighted by atomic mass is 9.72. The molecule has 4 aliphatic rings. The van der Waals surface area contributed by atoms with Crippen molar-refractivity contribution in [1.82, 2.24) is 13.9 Å². The number of rotatable bonds is 11. The molecule has 0 saturated heterocycles. The van der Waals surface area contributed by atoms with Crippen molar-refractivity contribution < 1.29 is 0 Å². The molecule has 3 nitrogen and oxygen atoms in total. The number of benzene rings is 7. The molecule has 0 N–H and O–H groups in total. The Morgan fingerprint density at radius 3 is 2.15 bits per heavy atom. The van der Waals surface area contributed by atoms with Crippen LogP contribution in [0.3, 0.4) is 0 Å². The van der Waals surface area contributed by atoms with Crippen LogP contribution in [0.2, 0.25) is 0 Å². The van der Waals surface area contributed by atoms with E-state index in [4.69, 9.17) is 0 Å². The zero-order valence-electron chi connectivity index (χ0n) is 41.9. The smallest absolute Gasteiger partial charge is 0.0620 e. The average Bonchev–Trinajstić information content (AvgIpc) is 4.17. The maximum atomic E-state index is 4.33. The first-order chi connectivity index (χ1) is 37.1. The van der Waals surface area contributed by atoms with Crippen LogP contribution in [-0.4, -0.2) is 19.9 Å². The van der Waals surface area contributed by atoms with Crippen molar-refractivity contribution in [1.29, 1.82) is 0 Å². The minimum Gasteiger partial charge on any atom is -0.344 e. The van der Waals surface area contributed by atoms with E-state index in [0.29, 0.717) is 5.92 Å². The quantitative estimate of drug-likeness (QED) is 0.118. The van der Waals surface area contributed by atoms with Gasteiger partial charge in [-0.3, -0.25) is 0 Å². The minimum absolute atomic E-state index is 0.146. The van der Waals surface area contributed by atoms with Crippen molar-refractivity contribution in [3.05, 3.63) is 306 Å². The van der Waals surface area contributed by atoms with Gasteiger partial charge in [-0.2, -0.15) is 0 Å². The van der Waals surface area contributed by atoms with Crippen LogP contribution in [0.1, 0.15) is 53.9 Å². The molecular weight excluding hydrogens is 907 g/mol. The van der Waals surface area contributed by atoms with Gasteiger partial charge in [-0.05, 0) is 148 Å². The molecule has 10 aromatic rings. The number of para-hydroxylation sites is 4. The molecule has 3 heterocycles. The van der Waals surface area contributed by atoms with Crippen LogP contribution in [0.15, 0.2) is 284 Å². The SMILES string of the molecule is C=C/C=C\C1=Cc2ccccc2C2CC(C3=CC=C(N(/C=C/C=C(\C=C)c4ccc5c(c4)c4cccc6c7ccccc7n5c64)C4C=CC(c5ccc6c(c5)c5ccccc5n6-c5ccccc5)=CC4)CC3)=CC=C12. The Bertz CT molecular complexity index is 4330. The normalized spacial score (nSPS) is 17.9. The van der Waals surface area contributed by atoms with Crippen molar-refractivity contribution >= 4 is 77.1 Å². The lowest BCUT2D eigenvalue weighted by Crippen LogP contribution is -2.30. The van der Waals surface area contributed by atoms with Gasteiger partial charge >= 0.3 is 0 Å². The van der Waals surface area contributed by atoms with E-state index in [1.54, 1.807) is 0 Å². The van der Waals surface area contributed by atoms with E-state index >= 15 is 0 Å². The molecule has 7 aromatic carbocycles. The topological polar surface area (TPSA) is 12.6 Å². The maximum absolute atomic E-state index is 4.33. The van der Waals surface area contributed by atoms with Crippen molar-refractivity contribution in [2.45, 2.75) is 37.6 Å². The first kappa shape index (κ1) is 44.5. The summed E-state index contributed by atoms with van der Waals surface area (Å²) in [6, 6.07) is 57.9. The van der Waals surface area contributed by atoms with E-state index in [0.717, 1.165) is 36.8 Å². The average molecular weight is 962 g/mol. The van der Waals surface area contributed by atoms with Gasteiger partial charge in [0.2, 0.25) is 0 Å². The molecule has 358 valence electrons. The zero-order chi connectivity index (χ0) is 50.0. The zero-order valence-corrected chi connectivity index (χ0v) is 41.9. The summed E-state index contributed by atoms with van der Waals surface area (Å²) >= 11 is 0. The Balaban J connectivity index is 0.800.